The van der Waals surface area contributed by atoms with E-state index in [1.54, 1.807) is 54.6 Å². The Hall–Kier alpha value is -3.59. The summed E-state index contributed by atoms with van der Waals surface area (Å²) in [6.07, 6.45) is 1.40. The van der Waals surface area contributed by atoms with Crippen LogP contribution in [0.1, 0.15) is 27.8 Å². The van der Waals surface area contributed by atoms with Gasteiger partial charge in [0.15, 0.2) is 5.76 Å². The summed E-state index contributed by atoms with van der Waals surface area (Å²) in [5, 5.41) is 5.40. The van der Waals surface area contributed by atoms with Gasteiger partial charge in [0.2, 0.25) is 10.0 Å². The molecule has 1 heterocycles. The topological polar surface area (TPSA) is 118 Å². The van der Waals surface area contributed by atoms with Crippen LogP contribution in [0, 0.1) is 0 Å². The number of amides is 2. The number of benzene rings is 2. The second-order valence-electron chi connectivity index (χ2n) is 6.05. The highest BCUT2D eigenvalue weighted by atomic mass is 32.2. The maximum absolute atomic E-state index is 12.5. The van der Waals surface area contributed by atoms with E-state index in [1.165, 1.54) is 19.3 Å². The Morgan fingerprint density at radius 3 is 2.17 bits per heavy atom. The average Bonchev–Trinajstić information content (AvgIpc) is 3.23. The van der Waals surface area contributed by atoms with Crippen molar-refractivity contribution < 1.29 is 22.4 Å². The fraction of sp³-hybridized carbons (Fsp3) is 0.100. The molecule has 3 aromatic rings. The van der Waals surface area contributed by atoms with Gasteiger partial charge in [-0.05, 0) is 55.5 Å². The first-order chi connectivity index (χ1) is 13.9. The van der Waals surface area contributed by atoms with E-state index >= 15 is 0 Å². The molecule has 0 aliphatic carbocycles. The van der Waals surface area contributed by atoms with E-state index in [0.29, 0.717) is 17.1 Å². The summed E-state index contributed by atoms with van der Waals surface area (Å²) in [4.78, 5) is 24.6. The normalized spacial score (nSPS) is 10.9. The van der Waals surface area contributed by atoms with Gasteiger partial charge in [-0.3, -0.25) is 14.3 Å². The minimum Gasteiger partial charge on any atom is -0.459 e. The summed E-state index contributed by atoms with van der Waals surface area (Å²) >= 11 is 0. The largest absolute Gasteiger partial charge is 0.459 e. The molecule has 2 aromatic carbocycles. The Bertz CT molecular complexity index is 1120. The van der Waals surface area contributed by atoms with Gasteiger partial charge in [-0.1, -0.05) is 12.1 Å². The monoisotopic (exact) mass is 413 g/mol. The first-order valence-corrected chi connectivity index (χ1v) is 10.4. The Morgan fingerprint density at radius 1 is 0.862 bits per heavy atom. The minimum atomic E-state index is -3.44. The molecule has 8 nitrogen and oxygen atoms in total. The third-order valence-electron chi connectivity index (χ3n) is 3.90. The lowest BCUT2D eigenvalue weighted by atomic mass is 10.2. The van der Waals surface area contributed by atoms with E-state index in [0.717, 1.165) is 0 Å². The van der Waals surface area contributed by atoms with Gasteiger partial charge in [0, 0.05) is 22.6 Å². The Labute approximate surface area is 168 Å². The molecule has 29 heavy (non-hydrogen) atoms. The molecule has 0 fully saturated rings. The van der Waals surface area contributed by atoms with E-state index in [9.17, 15) is 18.0 Å². The molecule has 0 aliphatic heterocycles. The zero-order chi connectivity index (χ0) is 20.9. The highest BCUT2D eigenvalue weighted by Crippen LogP contribution is 2.18. The van der Waals surface area contributed by atoms with Crippen LogP contribution >= 0.6 is 0 Å². The average molecular weight is 413 g/mol. The Kier molecular flexibility index (Phi) is 5.99. The fourth-order valence-electron chi connectivity index (χ4n) is 2.45. The van der Waals surface area contributed by atoms with Crippen molar-refractivity contribution in [1.82, 2.24) is 0 Å². The molecular formula is C20H19N3O5S. The molecule has 0 atom stereocenters. The van der Waals surface area contributed by atoms with Crippen LogP contribution in [0.25, 0.3) is 0 Å². The van der Waals surface area contributed by atoms with Crippen LogP contribution in [-0.2, 0) is 10.0 Å². The highest BCUT2D eigenvalue weighted by molar-refractivity contribution is 7.92. The molecule has 0 spiro atoms. The van der Waals surface area contributed by atoms with Crippen molar-refractivity contribution in [2.24, 2.45) is 0 Å². The van der Waals surface area contributed by atoms with E-state index < -0.39 is 21.8 Å². The molecule has 3 N–H and O–H groups in total. The van der Waals surface area contributed by atoms with E-state index in [2.05, 4.69) is 15.4 Å². The van der Waals surface area contributed by atoms with Crippen molar-refractivity contribution in [3.8, 4) is 0 Å². The lowest BCUT2D eigenvalue weighted by Gasteiger charge is -2.10. The summed E-state index contributed by atoms with van der Waals surface area (Å²) in [6.45, 7) is 1.52. The molecule has 1 aromatic heterocycles. The smallest absolute Gasteiger partial charge is 0.291 e. The summed E-state index contributed by atoms with van der Waals surface area (Å²) < 4.78 is 30.8. The SMILES string of the molecule is CCS(=O)(=O)Nc1cccc(C(=O)Nc2cccc(NC(=O)c3ccco3)c2)c1. The number of hydrogen-bond donors (Lipinski definition) is 3. The minimum absolute atomic E-state index is 0.0695. The Morgan fingerprint density at radius 2 is 1.52 bits per heavy atom. The van der Waals surface area contributed by atoms with Crippen molar-refractivity contribution >= 4 is 38.9 Å². The molecule has 150 valence electrons. The zero-order valence-corrected chi connectivity index (χ0v) is 16.3. The molecule has 0 aliphatic rings. The van der Waals surface area contributed by atoms with Crippen molar-refractivity contribution in [3.63, 3.8) is 0 Å². The van der Waals surface area contributed by atoms with Crippen LogP contribution in [-0.4, -0.2) is 26.0 Å². The standard InChI is InChI=1S/C20H19N3O5S/c1-2-29(26,27)23-17-9-3-6-14(12-17)19(24)21-15-7-4-8-16(13-15)22-20(25)18-10-5-11-28-18/h3-13,23H,2H2,1H3,(H,21,24)(H,22,25). The molecule has 0 radical (unpaired) electrons. The maximum Gasteiger partial charge on any atom is 0.291 e. The molecule has 9 heteroatoms. The lowest BCUT2D eigenvalue weighted by Crippen LogP contribution is -2.16. The van der Waals surface area contributed by atoms with Crippen molar-refractivity contribution in [3.05, 3.63) is 78.3 Å². The van der Waals surface area contributed by atoms with Crippen LogP contribution in [0.3, 0.4) is 0 Å². The van der Waals surface area contributed by atoms with Gasteiger partial charge >= 0.3 is 0 Å². The second kappa shape index (κ2) is 8.61. The quantitative estimate of drug-likeness (QED) is 0.548. The molecule has 2 amide bonds. The summed E-state index contributed by atoms with van der Waals surface area (Å²) in [5.41, 5.74) is 1.53. The number of carbonyl (C=O) groups is 2. The van der Waals surface area contributed by atoms with E-state index in [4.69, 9.17) is 4.42 Å². The summed E-state index contributed by atoms with van der Waals surface area (Å²) in [6, 6.07) is 16.0. The summed E-state index contributed by atoms with van der Waals surface area (Å²) in [7, 11) is -3.44. The van der Waals surface area contributed by atoms with Crippen LogP contribution in [0.4, 0.5) is 17.1 Å². The first kappa shape index (κ1) is 20.2. The maximum atomic E-state index is 12.5. The van der Waals surface area contributed by atoms with Gasteiger partial charge in [-0.2, -0.15) is 0 Å². The first-order valence-electron chi connectivity index (χ1n) is 8.73. The number of furan rings is 1. The van der Waals surface area contributed by atoms with E-state index in [1.807, 2.05) is 0 Å². The van der Waals surface area contributed by atoms with Gasteiger partial charge in [0.05, 0.1) is 12.0 Å². The number of hydrogen-bond acceptors (Lipinski definition) is 5. The highest BCUT2D eigenvalue weighted by Gasteiger charge is 2.12. The van der Waals surface area contributed by atoms with Crippen molar-refractivity contribution in [1.29, 1.82) is 0 Å². The van der Waals surface area contributed by atoms with Crippen LogP contribution in [0.2, 0.25) is 0 Å². The van der Waals surface area contributed by atoms with Crippen molar-refractivity contribution in [2.75, 3.05) is 21.1 Å². The summed E-state index contributed by atoms with van der Waals surface area (Å²) in [5.74, 6) is -0.725. The molecule has 0 saturated carbocycles. The van der Waals surface area contributed by atoms with Crippen LogP contribution in [0.15, 0.2) is 71.3 Å². The zero-order valence-electron chi connectivity index (χ0n) is 15.5. The number of carbonyl (C=O) groups excluding carboxylic acids is 2. The second-order valence-corrected chi connectivity index (χ2v) is 8.06. The number of nitrogens with one attached hydrogen (secondary N) is 3. The predicted octanol–water partition coefficient (Wildman–Crippen LogP) is 3.55. The van der Waals surface area contributed by atoms with Gasteiger partial charge in [-0.15, -0.1) is 0 Å². The van der Waals surface area contributed by atoms with Gasteiger partial charge in [0.1, 0.15) is 0 Å². The van der Waals surface area contributed by atoms with Gasteiger partial charge in [-0.25, -0.2) is 8.42 Å². The molecule has 0 bridgehead atoms. The molecule has 3 rings (SSSR count). The fourth-order valence-corrected chi connectivity index (χ4v) is 3.08. The van der Waals surface area contributed by atoms with Crippen LogP contribution in [0.5, 0.6) is 0 Å². The molecule has 0 unspecified atom stereocenters. The van der Waals surface area contributed by atoms with Crippen molar-refractivity contribution in [2.45, 2.75) is 6.92 Å². The van der Waals surface area contributed by atoms with Crippen LogP contribution < -0.4 is 15.4 Å². The molecular weight excluding hydrogens is 394 g/mol. The molecule has 0 saturated heterocycles. The lowest BCUT2D eigenvalue weighted by molar-refractivity contribution is 0.0995. The predicted molar refractivity (Wildman–Crippen MR) is 111 cm³/mol. The number of rotatable bonds is 7. The van der Waals surface area contributed by atoms with E-state index in [-0.39, 0.29) is 17.1 Å². The third kappa shape index (κ3) is 5.45. The van der Waals surface area contributed by atoms with Gasteiger partial charge in [0.25, 0.3) is 11.8 Å². The van der Waals surface area contributed by atoms with Gasteiger partial charge < -0.3 is 15.1 Å². The number of sulfonamides is 1. The third-order valence-corrected chi connectivity index (χ3v) is 5.21. The Balaban J connectivity index is 1.70. The number of anilines is 3.